The molecule has 1 aliphatic carbocycles. The third kappa shape index (κ3) is 3.34. The highest BCUT2D eigenvalue weighted by Crippen LogP contribution is 2.56. The van der Waals surface area contributed by atoms with Crippen LogP contribution in [-0.2, 0) is 9.53 Å². The van der Waals surface area contributed by atoms with E-state index in [0.29, 0.717) is 17.1 Å². The number of anilines is 1. The molecule has 9 heteroatoms. The first-order valence-corrected chi connectivity index (χ1v) is 11.2. The zero-order valence-corrected chi connectivity index (χ0v) is 18.7. The van der Waals surface area contributed by atoms with Gasteiger partial charge in [-0.15, -0.1) is 0 Å². The normalized spacial score (nSPS) is 23.9. The second kappa shape index (κ2) is 7.90. The van der Waals surface area contributed by atoms with Crippen molar-refractivity contribution in [2.45, 2.75) is 12.0 Å². The number of fused-ring (bicyclic) bond motifs is 3. The van der Waals surface area contributed by atoms with E-state index in [-0.39, 0.29) is 54.3 Å². The Morgan fingerprint density at radius 2 is 1.66 bits per heavy atom. The number of benzene rings is 3. The summed E-state index contributed by atoms with van der Waals surface area (Å²) < 4.78 is 22.1. The Balaban J connectivity index is 1.54. The average molecular weight is 477 g/mol. The minimum absolute atomic E-state index is 0.0989. The lowest BCUT2D eigenvalue weighted by atomic mass is 9.65. The van der Waals surface area contributed by atoms with Crippen molar-refractivity contribution < 1.29 is 39.1 Å². The molecule has 6 rings (SSSR count). The summed E-state index contributed by atoms with van der Waals surface area (Å²) >= 11 is 0. The zero-order chi connectivity index (χ0) is 24.3. The van der Waals surface area contributed by atoms with Gasteiger partial charge in [-0.3, -0.25) is 4.79 Å². The van der Waals surface area contributed by atoms with E-state index in [9.17, 15) is 20.1 Å². The number of carbonyl (C=O) groups excluding carboxylic acids is 1. The fraction of sp³-hybridized carbons (Fsp3) is 0.269. The van der Waals surface area contributed by atoms with E-state index in [4.69, 9.17) is 18.9 Å². The molecule has 0 bridgehead atoms. The molecule has 3 aromatic rings. The van der Waals surface area contributed by atoms with Gasteiger partial charge in [0.2, 0.25) is 12.5 Å². The van der Waals surface area contributed by atoms with Crippen LogP contribution in [0.4, 0.5) is 5.69 Å². The zero-order valence-electron chi connectivity index (χ0n) is 18.7. The van der Waals surface area contributed by atoms with Crippen molar-refractivity contribution in [2.75, 3.05) is 25.8 Å². The van der Waals surface area contributed by atoms with E-state index in [2.05, 4.69) is 5.32 Å². The lowest BCUT2D eigenvalue weighted by molar-refractivity contribution is -0.141. The van der Waals surface area contributed by atoms with Crippen molar-refractivity contribution in [1.82, 2.24) is 0 Å². The van der Waals surface area contributed by atoms with Crippen LogP contribution in [-0.4, -0.2) is 41.8 Å². The van der Waals surface area contributed by atoms with E-state index in [1.165, 1.54) is 13.2 Å². The fourth-order valence-electron chi connectivity index (χ4n) is 5.43. The van der Waals surface area contributed by atoms with Gasteiger partial charge < -0.3 is 39.6 Å². The number of cyclic esters (lactones) is 1. The maximum absolute atomic E-state index is 13.1. The Bertz CT molecular complexity index is 1320. The Morgan fingerprint density at radius 3 is 2.37 bits per heavy atom. The molecule has 2 heterocycles. The molecular weight excluding hydrogens is 454 g/mol. The molecule has 35 heavy (non-hydrogen) atoms. The van der Waals surface area contributed by atoms with Gasteiger partial charge in [0.1, 0.15) is 5.75 Å². The number of carbonyl (C=O) groups is 1. The monoisotopic (exact) mass is 477 g/mol. The van der Waals surface area contributed by atoms with Gasteiger partial charge in [-0.25, -0.2) is 0 Å². The van der Waals surface area contributed by atoms with Crippen LogP contribution in [0.1, 0.15) is 28.7 Å². The van der Waals surface area contributed by atoms with E-state index in [1.54, 1.807) is 30.3 Å². The van der Waals surface area contributed by atoms with Gasteiger partial charge >= 0.3 is 5.97 Å². The van der Waals surface area contributed by atoms with E-state index in [0.717, 1.165) is 16.8 Å². The second-order valence-electron chi connectivity index (χ2n) is 8.89. The summed E-state index contributed by atoms with van der Waals surface area (Å²) in [5.74, 6) is -0.903. The van der Waals surface area contributed by atoms with Crippen LogP contribution in [0.25, 0.3) is 0 Å². The van der Waals surface area contributed by atoms with Gasteiger partial charge in [0, 0.05) is 17.5 Å². The molecule has 0 spiro atoms. The first kappa shape index (κ1) is 21.3. The second-order valence-corrected chi connectivity index (χ2v) is 8.89. The van der Waals surface area contributed by atoms with Gasteiger partial charge in [-0.05, 0) is 65.2 Å². The van der Waals surface area contributed by atoms with Gasteiger partial charge in [-0.1, -0.05) is 0 Å². The summed E-state index contributed by atoms with van der Waals surface area (Å²) in [4.78, 5) is 13.1. The van der Waals surface area contributed by atoms with Crippen LogP contribution in [0.5, 0.6) is 34.5 Å². The Hall–Kier alpha value is -4.27. The largest absolute Gasteiger partial charge is 0.508 e. The van der Waals surface area contributed by atoms with Crippen LogP contribution in [0.2, 0.25) is 0 Å². The molecule has 0 unspecified atom stereocenters. The number of nitrogens with one attached hydrogen (secondary N) is 1. The van der Waals surface area contributed by atoms with Crippen LogP contribution < -0.4 is 19.5 Å². The summed E-state index contributed by atoms with van der Waals surface area (Å²) in [7, 11) is 1.40. The number of hydrogen-bond acceptors (Lipinski definition) is 9. The molecule has 0 aromatic heterocycles. The number of methoxy groups -OCH3 is 1. The predicted octanol–water partition coefficient (Wildman–Crippen LogP) is 3.63. The van der Waals surface area contributed by atoms with E-state index < -0.39 is 11.8 Å². The van der Waals surface area contributed by atoms with Crippen LogP contribution >= 0.6 is 0 Å². The first-order valence-electron chi connectivity index (χ1n) is 11.2. The minimum atomic E-state index is -0.564. The number of rotatable bonds is 4. The lowest BCUT2D eigenvalue weighted by Crippen LogP contribution is -2.37. The maximum atomic E-state index is 13.1. The Labute approximate surface area is 200 Å². The number of phenols is 3. The van der Waals surface area contributed by atoms with Crippen LogP contribution in [0, 0.1) is 11.8 Å². The van der Waals surface area contributed by atoms with Crippen molar-refractivity contribution in [2.24, 2.45) is 11.8 Å². The Kier molecular flexibility index (Phi) is 4.80. The minimum Gasteiger partial charge on any atom is -0.508 e. The van der Waals surface area contributed by atoms with Crippen molar-refractivity contribution in [1.29, 1.82) is 0 Å². The molecule has 0 saturated carbocycles. The van der Waals surface area contributed by atoms with Crippen LogP contribution in [0.3, 0.4) is 0 Å². The smallest absolute Gasteiger partial charge is 0.310 e. The highest BCUT2D eigenvalue weighted by molar-refractivity contribution is 5.79. The highest BCUT2D eigenvalue weighted by atomic mass is 16.7. The summed E-state index contributed by atoms with van der Waals surface area (Å²) in [6.45, 7) is 0.312. The third-order valence-corrected chi connectivity index (χ3v) is 7.03. The van der Waals surface area contributed by atoms with Gasteiger partial charge in [0.25, 0.3) is 0 Å². The fourth-order valence-corrected chi connectivity index (χ4v) is 5.43. The molecule has 3 aliphatic rings. The van der Waals surface area contributed by atoms with Crippen molar-refractivity contribution in [3.8, 4) is 34.5 Å². The number of aromatic hydroxyl groups is 3. The maximum Gasteiger partial charge on any atom is 0.310 e. The molecule has 0 radical (unpaired) electrons. The summed E-state index contributed by atoms with van der Waals surface area (Å²) in [6.07, 6.45) is 0. The quantitative estimate of drug-likeness (QED) is 0.253. The number of hydrogen-bond donors (Lipinski definition) is 4. The van der Waals surface area contributed by atoms with E-state index >= 15 is 0 Å². The number of phenolic OH excluding ortho intramolecular Hbond substituents is 3. The number of esters is 1. The molecule has 3 aromatic carbocycles. The molecule has 0 amide bonds. The molecule has 9 nitrogen and oxygen atoms in total. The van der Waals surface area contributed by atoms with E-state index in [1.807, 2.05) is 12.1 Å². The molecule has 4 atom stereocenters. The average Bonchev–Trinajstić information content (AvgIpc) is 3.47. The topological polar surface area (TPSA) is 127 Å². The summed E-state index contributed by atoms with van der Waals surface area (Å²) in [5, 5.41) is 33.8. The highest BCUT2D eigenvalue weighted by Gasteiger charge is 2.52. The molecule has 4 N–H and O–H groups in total. The predicted molar refractivity (Wildman–Crippen MR) is 123 cm³/mol. The van der Waals surface area contributed by atoms with Gasteiger partial charge in [-0.2, -0.15) is 0 Å². The SMILES string of the molecule is COc1cc([C@@H]2c3cc4c(cc3[C@H](Nc3ccc(O)cc3)[C@H]3COC(=O)[C@H]23)OCO4)cc(O)c1O. The molecule has 1 saturated heterocycles. The third-order valence-electron chi connectivity index (χ3n) is 7.03. The first-order chi connectivity index (χ1) is 16.9. The molecular formula is C26H23NO8. The molecule has 1 fully saturated rings. The molecule has 180 valence electrons. The number of ether oxygens (including phenoxy) is 4. The Morgan fingerprint density at radius 1 is 0.943 bits per heavy atom. The summed E-state index contributed by atoms with van der Waals surface area (Å²) in [6, 6.07) is 13.3. The summed E-state index contributed by atoms with van der Waals surface area (Å²) in [5.41, 5.74) is 3.10. The molecule has 2 aliphatic heterocycles. The van der Waals surface area contributed by atoms with Crippen molar-refractivity contribution >= 4 is 11.7 Å². The van der Waals surface area contributed by atoms with Gasteiger partial charge in [0.15, 0.2) is 23.0 Å². The van der Waals surface area contributed by atoms with Crippen molar-refractivity contribution in [3.63, 3.8) is 0 Å². The standard InChI is InChI=1S/C26H23NO8/c1-32-21-7-12(6-18(29)25(21)30)22-15-8-19-20(35-11-34-19)9-16(15)24(17-10-33-26(31)23(17)22)27-13-2-4-14(28)5-3-13/h2-9,17,22-24,27-30H,10-11H2,1H3/t17-,22+,23-,24-/m0/s1. The van der Waals surface area contributed by atoms with Crippen molar-refractivity contribution in [3.05, 3.63) is 65.2 Å². The lowest BCUT2D eigenvalue weighted by Gasteiger charge is -2.40. The van der Waals surface area contributed by atoms with Crippen LogP contribution in [0.15, 0.2) is 48.5 Å². The van der Waals surface area contributed by atoms with Gasteiger partial charge in [0.05, 0.1) is 25.7 Å².